The Morgan fingerprint density at radius 2 is 1.68 bits per heavy atom. The number of nitrogens with zero attached hydrogens (tertiary/aromatic N) is 2. The van der Waals surface area contributed by atoms with E-state index in [0.29, 0.717) is 5.69 Å². The monoisotopic (exact) mass is 497 g/mol. The lowest BCUT2D eigenvalue weighted by Crippen LogP contribution is -2.44. The molecule has 9 heteroatoms. The minimum atomic E-state index is -4.77. The van der Waals surface area contributed by atoms with Gasteiger partial charge in [0.2, 0.25) is 0 Å². The highest BCUT2D eigenvalue weighted by Crippen LogP contribution is 2.54. The summed E-state index contributed by atoms with van der Waals surface area (Å²) < 4.78 is 17.2. The Morgan fingerprint density at radius 1 is 0.971 bits per heavy atom. The summed E-state index contributed by atoms with van der Waals surface area (Å²) >= 11 is 1.55. The maximum absolute atomic E-state index is 11.9. The zero-order valence-corrected chi connectivity index (χ0v) is 20.9. The number of fused-ring (bicyclic) bond motifs is 2. The van der Waals surface area contributed by atoms with E-state index in [-0.39, 0.29) is 11.7 Å². The summed E-state index contributed by atoms with van der Waals surface area (Å²) in [4.78, 5) is 26.0. The molecular weight excluding hydrogens is 469 g/mol. The van der Waals surface area contributed by atoms with Crippen LogP contribution in [0.2, 0.25) is 0 Å². The number of para-hydroxylation sites is 1. The molecule has 5 rings (SSSR count). The van der Waals surface area contributed by atoms with Crippen LogP contribution in [0.3, 0.4) is 0 Å². The number of phosphoric acid groups is 1. The fourth-order valence-electron chi connectivity index (χ4n) is 4.47. The lowest BCUT2D eigenvalue weighted by Gasteiger charge is -2.34. The van der Waals surface area contributed by atoms with Gasteiger partial charge in [0.05, 0.1) is 11.4 Å². The molecule has 0 amide bonds. The first-order chi connectivity index (χ1) is 16.3. The van der Waals surface area contributed by atoms with Crippen molar-refractivity contribution in [3.05, 3.63) is 71.8 Å². The zero-order chi connectivity index (χ0) is 23.9. The molecule has 3 aromatic carbocycles. The number of hydrogen-bond acceptors (Lipinski definition) is 6. The molecule has 3 aromatic rings. The second-order valence-electron chi connectivity index (χ2n) is 8.77. The van der Waals surface area contributed by atoms with Gasteiger partial charge >= 0.3 is 7.82 Å². The number of rotatable bonds is 5. The van der Waals surface area contributed by atoms with Gasteiger partial charge in [-0.25, -0.2) is 4.57 Å². The standard InChI is InChI=1S/C25H28N3O4PS/c1-17(18-7-9-19(10-8-18)28-15-13-27(2)14-16-28)20-11-12-23-24(25(20)32-33(29,30)31)26-21-5-3-4-6-22(21)34-23/h3-12,17,26H,13-16H2,1-2H3,(H2,29,30,31). The molecule has 0 saturated carbocycles. The summed E-state index contributed by atoms with van der Waals surface area (Å²) in [6, 6.07) is 20.2. The van der Waals surface area contributed by atoms with E-state index < -0.39 is 7.82 Å². The Balaban J connectivity index is 1.47. The molecule has 0 aromatic heterocycles. The first-order valence-electron chi connectivity index (χ1n) is 11.3. The van der Waals surface area contributed by atoms with Crippen molar-refractivity contribution in [1.29, 1.82) is 0 Å². The van der Waals surface area contributed by atoms with E-state index in [9.17, 15) is 14.4 Å². The quantitative estimate of drug-likeness (QED) is 0.322. The van der Waals surface area contributed by atoms with Gasteiger partial charge in [-0.05, 0) is 42.9 Å². The van der Waals surface area contributed by atoms with Gasteiger partial charge in [-0.1, -0.05) is 49.0 Å². The molecule has 34 heavy (non-hydrogen) atoms. The third-order valence-electron chi connectivity index (χ3n) is 6.45. The van der Waals surface area contributed by atoms with Gasteiger partial charge in [-0.3, -0.25) is 9.79 Å². The van der Waals surface area contributed by atoms with Crippen molar-refractivity contribution in [1.82, 2.24) is 4.90 Å². The zero-order valence-electron chi connectivity index (χ0n) is 19.1. The average molecular weight is 498 g/mol. The van der Waals surface area contributed by atoms with Crippen LogP contribution in [0.15, 0.2) is 70.5 Å². The minimum absolute atomic E-state index is 0.127. The fourth-order valence-corrected chi connectivity index (χ4v) is 5.90. The van der Waals surface area contributed by atoms with Crippen LogP contribution in [0, 0.1) is 0 Å². The highest BCUT2D eigenvalue weighted by Gasteiger charge is 2.29. The average Bonchev–Trinajstić information content (AvgIpc) is 2.82. The number of nitrogens with one attached hydrogen (secondary N) is 1. The summed E-state index contributed by atoms with van der Waals surface area (Å²) in [5, 5.41) is 3.33. The van der Waals surface area contributed by atoms with Crippen LogP contribution < -0.4 is 14.7 Å². The molecule has 2 aliphatic rings. The van der Waals surface area contributed by atoms with Gasteiger partial charge in [-0.2, -0.15) is 0 Å². The Hall–Kier alpha value is -2.48. The summed E-state index contributed by atoms with van der Waals surface area (Å²) in [5.74, 6) is 0.0702. The van der Waals surface area contributed by atoms with Gasteiger partial charge in [0.1, 0.15) is 0 Å². The van der Waals surface area contributed by atoms with E-state index >= 15 is 0 Å². The number of piperazine rings is 1. The maximum Gasteiger partial charge on any atom is 0.524 e. The SMILES string of the molecule is CC(c1ccc(N2CCN(C)CC2)cc1)c1ccc2c(c1OP(=O)(O)O)Nc1ccccc1S2. The van der Waals surface area contributed by atoms with Crippen molar-refractivity contribution in [2.75, 3.05) is 43.4 Å². The molecule has 7 nitrogen and oxygen atoms in total. The first-order valence-corrected chi connectivity index (χ1v) is 13.6. The Kier molecular flexibility index (Phi) is 6.35. The van der Waals surface area contributed by atoms with Crippen LogP contribution >= 0.6 is 19.6 Å². The number of benzene rings is 3. The lowest BCUT2D eigenvalue weighted by atomic mass is 9.91. The van der Waals surface area contributed by atoms with Crippen LogP contribution in [0.25, 0.3) is 0 Å². The van der Waals surface area contributed by atoms with Gasteiger partial charge in [-0.15, -0.1) is 0 Å². The van der Waals surface area contributed by atoms with Gasteiger partial charge in [0.25, 0.3) is 0 Å². The Bertz CT molecular complexity index is 1240. The van der Waals surface area contributed by atoms with E-state index in [4.69, 9.17) is 4.52 Å². The molecule has 1 saturated heterocycles. The van der Waals surface area contributed by atoms with Crippen molar-refractivity contribution < 1.29 is 18.9 Å². The highest BCUT2D eigenvalue weighted by molar-refractivity contribution is 7.99. The lowest BCUT2D eigenvalue weighted by molar-refractivity contribution is 0.282. The van der Waals surface area contributed by atoms with E-state index in [2.05, 4.69) is 46.4 Å². The molecule has 1 atom stereocenters. The largest absolute Gasteiger partial charge is 0.524 e. The predicted molar refractivity (Wildman–Crippen MR) is 137 cm³/mol. The van der Waals surface area contributed by atoms with Crippen molar-refractivity contribution >= 4 is 36.6 Å². The molecule has 1 fully saturated rings. The van der Waals surface area contributed by atoms with Crippen LogP contribution in [-0.4, -0.2) is 47.9 Å². The summed E-state index contributed by atoms with van der Waals surface area (Å²) in [7, 11) is -2.63. The number of likely N-dealkylation sites (N-methyl/N-ethyl adjacent to an activating group) is 1. The fraction of sp³-hybridized carbons (Fsp3) is 0.280. The van der Waals surface area contributed by atoms with E-state index in [1.165, 1.54) is 5.69 Å². The third kappa shape index (κ3) is 4.83. The first kappa shape index (κ1) is 23.3. The number of anilines is 3. The highest BCUT2D eigenvalue weighted by atomic mass is 32.2. The number of hydrogen-bond donors (Lipinski definition) is 3. The second-order valence-corrected chi connectivity index (χ2v) is 11.0. The van der Waals surface area contributed by atoms with Crippen LogP contribution in [-0.2, 0) is 4.57 Å². The Morgan fingerprint density at radius 3 is 2.38 bits per heavy atom. The van der Waals surface area contributed by atoms with Gasteiger partial charge < -0.3 is 19.6 Å². The molecular formula is C25H28N3O4PS. The summed E-state index contributed by atoms with van der Waals surface area (Å²) in [6.45, 7) is 6.13. The van der Waals surface area contributed by atoms with E-state index in [1.54, 1.807) is 11.8 Å². The molecule has 178 valence electrons. The van der Waals surface area contributed by atoms with Crippen LogP contribution in [0.4, 0.5) is 17.1 Å². The van der Waals surface area contributed by atoms with Crippen molar-refractivity contribution in [2.24, 2.45) is 0 Å². The topological polar surface area (TPSA) is 85.3 Å². The van der Waals surface area contributed by atoms with Crippen LogP contribution in [0.1, 0.15) is 24.0 Å². The molecule has 0 bridgehead atoms. The molecule has 1 unspecified atom stereocenters. The molecule has 2 heterocycles. The van der Waals surface area contributed by atoms with E-state index in [1.807, 2.05) is 43.3 Å². The van der Waals surface area contributed by atoms with Crippen LogP contribution in [0.5, 0.6) is 5.75 Å². The Labute approximate surface area is 204 Å². The molecule has 0 radical (unpaired) electrons. The summed E-state index contributed by atoms with van der Waals surface area (Å²) in [6.07, 6.45) is 0. The van der Waals surface area contributed by atoms with E-state index in [0.717, 1.165) is 52.8 Å². The maximum atomic E-state index is 11.9. The summed E-state index contributed by atoms with van der Waals surface area (Å²) in [5.41, 5.74) is 4.44. The van der Waals surface area contributed by atoms with Gasteiger partial charge in [0, 0.05) is 53.1 Å². The van der Waals surface area contributed by atoms with Crippen molar-refractivity contribution in [3.63, 3.8) is 0 Å². The smallest absolute Gasteiger partial charge is 0.402 e. The normalized spacial score (nSPS) is 16.9. The van der Waals surface area contributed by atoms with Crippen molar-refractivity contribution in [2.45, 2.75) is 22.6 Å². The molecule has 0 spiro atoms. The molecule has 3 N–H and O–H groups in total. The second kappa shape index (κ2) is 9.29. The third-order valence-corrected chi connectivity index (χ3v) is 8.01. The van der Waals surface area contributed by atoms with Crippen molar-refractivity contribution in [3.8, 4) is 5.75 Å². The molecule has 0 aliphatic carbocycles. The number of phosphoric ester groups is 1. The predicted octanol–water partition coefficient (Wildman–Crippen LogP) is 5.27. The molecule has 2 aliphatic heterocycles. The minimum Gasteiger partial charge on any atom is -0.402 e. The van der Waals surface area contributed by atoms with Gasteiger partial charge in [0.15, 0.2) is 5.75 Å².